The first kappa shape index (κ1) is 17.5. The van der Waals surface area contributed by atoms with Crippen molar-refractivity contribution in [2.24, 2.45) is 22.7 Å². The van der Waals surface area contributed by atoms with Gasteiger partial charge < -0.3 is 9.59 Å². The van der Waals surface area contributed by atoms with Crippen LogP contribution in [0, 0.1) is 17.8 Å². The van der Waals surface area contributed by atoms with Crippen LogP contribution in [-0.2, 0) is 0 Å². The second-order valence-corrected chi connectivity index (χ2v) is 8.06. The van der Waals surface area contributed by atoms with Gasteiger partial charge >= 0.3 is 0 Å². The number of quaternary nitrogens is 1. The molecule has 4 aliphatic carbocycles. The van der Waals surface area contributed by atoms with E-state index in [1.807, 2.05) is 0 Å². The van der Waals surface area contributed by atoms with Gasteiger partial charge in [0.1, 0.15) is 6.54 Å². The van der Waals surface area contributed by atoms with Gasteiger partial charge in [-0.2, -0.15) is 0 Å². The molecule has 122 valence electrons. The third-order valence-corrected chi connectivity index (χ3v) is 6.41. The Labute approximate surface area is 146 Å². The van der Waals surface area contributed by atoms with Crippen LogP contribution in [0.3, 0.4) is 0 Å². The van der Waals surface area contributed by atoms with E-state index in [4.69, 9.17) is 4.99 Å². The molecular formula is C17H31IN2O. The van der Waals surface area contributed by atoms with Crippen LogP contribution in [0.2, 0.25) is 0 Å². The van der Waals surface area contributed by atoms with Crippen molar-refractivity contribution >= 4 is 29.9 Å². The molecule has 0 heterocycles. The summed E-state index contributed by atoms with van der Waals surface area (Å²) in [5.74, 6) is 2.78. The van der Waals surface area contributed by atoms with E-state index in [0.717, 1.165) is 35.3 Å². The molecule has 4 saturated carbocycles. The first-order valence-electron chi connectivity index (χ1n) is 8.55. The number of rotatable bonds is 5. The van der Waals surface area contributed by atoms with Crippen LogP contribution in [-0.4, -0.2) is 42.6 Å². The second-order valence-electron chi connectivity index (χ2n) is 8.06. The van der Waals surface area contributed by atoms with Gasteiger partial charge in [-0.3, -0.25) is 4.99 Å². The molecule has 0 unspecified atom stereocenters. The molecule has 4 heteroatoms. The Morgan fingerprint density at radius 3 is 1.86 bits per heavy atom. The predicted molar refractivity (Wildman–Crippen MR) is 95.9 cm³/mol. The first-order valence-corrected chi connectivity index (χ1v) is 8.55. The zero-order valence-corrected chi connectivity index (χ0v) is 16.1. The molecule has 4 bridgehead atoms. The van der Waals surface area contributed by atoms with Crippen molar-refractivity contribution in [3.05, 3.63) is 0 Å². The zero-order chi connectivity index (χ0) is 14.4. The summed E-state index contributed by atoms with van der Waals surface area (Å²) in [6.45, 7) is 6.95. The zero-order valence-electron chi connectivity index (χ0n) is 13.8. The van der Waals surface area contributed by atoms with Gasteiger partial charge in [0, 0.05) is 5.90 Å². The lowest BCUT2D eigenvalue weighted by Gasteiger charge is -2.55. The molecule has 0 N–H and O–H groups in total. The van der Waals surface area contributed by atoms with E-state index in [2.05, 4.69) is 20.9 Å². The SMILES string of the molecule is CC[N+](C)(CC)CC([O-])=NC12CC3CC(CC(C3)C1)C2.I. The highest BCUT2D eigenvalue weighted by Gasteiger charge is 2.50. The molecule has 0 aromatic rings. The van der Waals surface area contributed by atoms with E-state index in [9.17, 15) is 5.11 Å². The number of hydrogen-bond donors (Lipinski definition) is 0. The standard InChI is InChI=1S/C17H30N2O.HI/c1-4-19(3,5-2)12-16(20)18-17-9-13-6-14(10-17)8-15(7-13)11-17;/h13-15H,4-12H2,1-3H3;1H. The van der Waals surface area contributed by atoms with E-state index in [0.29, 0.717) is 6.54 Å². The van der Waals surface area contributed by atoms with Crippen molar-refractivity contribution < 1.29 is 9.59 Å². The Morgan fingerprint density at radius 1 is 1.05 bits per heavy atom. The number of halogens is 1. The summed E-state index contributed by atoms with van der Waals surface area (Å²) in [6.07, 6.45) is 7.86. The van der Waals surface area contributed by atoms with Crippen LogP contribution in [0.15, 0.2) is 4.99 Å². The number of likely N-dealkylation sites (N-methyl/N-ethyl adjacent to an activating group) is 1. The van der Waals surface area contributed by atoms with E-state index in [-0.39, 0.29) is 35.4 Å². The van der Waals surface area contributed by atoms with Crippen LogP contribution >= 0.6 is 24.0 Å². The van der Waals surface area contributed by atoms with Gasteiger partial charge in [-0.05, 0) is 70.1 Å². The number of aliphatic imine (C=N–C) groups is 1. The molecule has 4 aliphatic rings. The normalized spacial score (nSPS) is 38.4. The molecule has 0 aliphatic heterocycles. The van der Waals surface area contributed by atoms with Crippen LogP contribution in [0.1, 0.15) is 52.4 Å². The van der Waals surface area contributed by atoms with Gasteiger partial charge in [0.05, 0.1) is 25.7 Å². The van der Waals surface area contributed by atoms with Crippen LogP contribution < -0.4 is 5.11 Å². The summed E-state index contributed by atoms with van der Waals surface area (Å²) < 4.78 is 0.828. The molecule has 0 aromatic carbocycles. The Hall–Kier alpha value is 0.160. The molecule has 0 aromatic heterocycles. The van der Waals surface area contributed by atoms with Crippen LogP contribution in [0.25, 0.3) is 0 Å². The minimum absolute atomic E-state index is 0. The van der Waals surface area contributed by atoms with Gasteiger partial charge in [-0.15, -0.1) is 24.0 Å². The lowest BCUT2D eigenvalue weighted by Crippen LogP contribution is -2.53. The summed E-state index contributed by atoms with van der Waals surface area (Å²) in [7, 11) is 2.17. The summed E-state index contributed by atoms with van der Waals surface area (Å²) in [5.41, 5.74) is 0.0537. The van der Waals surface area contributed by atoms with E-state index >= 15 is 0 Å². The molecule has 4 fully saturated rings. The number of nitrogens with zero attached hydrogens (tertiary/aromatic N) is 2. The molecule has 0 atom stereocenters. The first-order chi connectivity index (χ1) is 9.46. The van der Waals surface area contributed by atoms with Crippen molar-refractivity contribution in [1.82, 2.24) is 0 Å². The fraction of sp³-hybridized carbons (Fsp3) is 0.941. The lowest BCUT2D eigenvalue weighted by atomic mass is 9.53. The Bertz CT molecular complexity index is 368. The van der Waals surface area contributed by atoms with Crippen LogP contribution in [0.4, 0.5) is 0 Å². The molecule has 4 rings (SSSR count). The fourth-order valence-corrected chi connectivity index (χ4v) is 5.28. The third-order valence-electron chi connectivity index (χ3n) is 6.41. The smallest absolute Gasteiger partial charge is 0.107 e. The maximum absolute atomic E-state index is 12.5. The number of hydrogen-bond acceptors (Lipinski definition) is 2. The Balaban J connectivity index is 0.00000161. The molecule has 0 amide bonds. The Kier molecular flexibility index (Phi) is 5.29. The third kappa shape index (κ3) is 3.57. The van der Waals surface area contributed by atoms with Gasteiger partial charge in [0.15, 0.2) is 0 Å². The van der Waals surface area contributed by atoms with Crippen molar-refractivity contribution in [1.29, 1.82) is 0 Å². The highest BCUT2D eigenvalue weighted by molar-refractivity contribution is 14.0. The van der Waals surface area contributed by atoms with Crippen molar-refractivity contribution in [3.63, 3.8) is 0 Å². The molecule has 0 saturated heterocycles. The molecule has 21 heavy (non-hydrogen) atoms. The van der Waals surface area contributed by atoms with Crippen molar-refractivity contribution in [3.8, 4) is 0 Å². The molecule has 0 radical (unpaired) electrons. The van der Waals surface area contributed by atoms with Gasteiger partial charge in [-0.1, -0.05) is 0 Å². The topological polar surface area (TPSA) is 35.4 Å². The van der Waals surface area contributed by atoms with Gasteiger partial charge in [0.25, 0.3) is 0 Å². The van der Waals surface area contributed by atoms with E-state index in [1.54, 1.807) is 0 Å². The monoisotopic (exact) mass is 406 g/mol. The van der Waals surface area contributed by atoms with E-state index < -0.39 is 0 Å². The highest BCUT2D eigenvalue weighted by Crippen LogP contribution is 2.57. The predicted octanol–water partition coefficient (Wildman–Crippen LogP) is 2.82. The summed E-state index contributed by atoms with van der Waals surface area (Å²) >= 11 is 0. The van der Waals surface area contributed by atoms with Crippen LogP contribution in [0.5, 0.6) is 0 Å². The minimum Gasteiger partial charge on any atom is -0.858 e. The largest absolute Gasteiger partial charge is 0.858 e. The van der Waals surface area contributed by atoms with Crippen molar-refractivity contribution in [2.45, 2.75) is 57.9 Å². The Morgan fingerprint density at radius 2 is 1.48 bits per heavy atom. The maximum Gasteiger partial charge on any atom is 0.107 e. The van der Waals surface area contributed by atoms with Gasteiger partial charge in [0.2, 0.25) is 0 Å². The molecule has 3 nitrogen and oxygen atoms in total. The summed E-state index contributed by atoms with van der Waals surface area (Å²) in [6, 6.07) is 0. The summed E-state index contributed by atoms with van der Waals surface area (Å²) in [4.78, 5) is 4.79. The van der Waals surface area contributed by atoms with E-state index in [1.165, 1.54) is 38.5 Å². The van der Waals surface area contributed by atoms with Crippen molar-refractivity contribution in [2.75, 3.05) is 26.7 Å². The fourth-order valence-electron chi connectivity index (χ4n) is 5.28. The minimum atomic E-state index is 0. The molecular weight excluding hydrogens is 375 g/mol. The second kappa shape index (κ2) is 6.34. The maximum atomic E-state index is 12.5. The lowest BCUT2D eigenvalue weighted by molar-refractivity contribution is -0.899. The average molecular weight is 406 g/mol. The molecule has 0 spiro atoms. The van der Waals surface area contributed by atoms with Gasteiger partial charge in [-0.25, -0.2) is 0 Å². The quantitative estimate of drug-likeness (QED) is 0.299. The summed E-state index contributed by atoms with van der Waals surface area (Å²) in [5, 5.41) is 12.5. The average Bonchev–Trinajstić information content (AvgIpc) is 2.36. The highest BCUT2D eigenvalue weighted by atomic mass is 127.